The Labute approximate surface area is 243 Å². The van der Waals surface area contributed by atoms with Gasteiger partial charge in [-0.3, -0.25) is 14.5 Å². The summed E-state index contributed by atoms with van der Waals surface area (Å²) in [5, 5.41) is 28.0. The summed E-state index contributed by atoms with van der Waals surface area (Å²) in [6.45, 7) is 0.755. The van der Waals surface area contributed by atoms with Crippen molar-refractivity contribution >= 4 is 69.5 Å². The van der Waals surface area contributed by atoms with Gasteiger partial charge in [-0.25, -0.2) is 18.6 Å². The molecule has 2 aliphatic heterocycles. The Morgan fingerprint density at radius 3 is 2.68 bits per heavy atom. The molecule has 4 rings (SSSR count). The lowest BCUT2D eigenvalue weighted by Crippen LogP contribution is -2.71. The summed E-state index contributed by atoms with van der Waals surface area (Å²) in [6, 6.07) is 2.14. The van der Waals surface area contributed by atoms with E-state index < -0.39 is 60.0 Å². The van der Waals surface area contributed by atoms with Crippen molar-refractivity contribution in [3.05, 3.63) is 46.9 Å². The van der Waals surface area contributed by atoms with Gasteiger partial charge in [0.25, 0.3) is 18.2 Å². The summed E-state index contributed by atoms with van der Waals surface area (Å²) in [7, 11) is 0. The molecular weight excluding hydrogens is 606 g/mol. The van der Waals surface area contributed by atoms with Gasteiger partial charge in [-0.2, -0.15) is 4.57 Å². The number of alkyl halides is 2. The number of nitrogens with one attached hydrogen (secondary N) is 1. The highest BCUT2D eigenvalue weighted by molar-refractivity contribution is 8.01. The number of hydrogen-bond donors (Lipinski definition) is 3. The van der Waals surface area contributed by atoms with E-state index >= 15 is 0 Å². The largest absolute Gasteiger partial charge is 0.543 e. The molecule has 2 aromatic heterocycles. The van der Waals surface area contributed by atoms with Gasteiger partial charge in [0.2, 0.25) is 12.6 Å². The molecule has 41 heavy (non-hydrogen) atoms. The highest BCUT2D eigenvalue weighted by Crippen LogP contribution is 2.41. The fraction of sp³-hybridized carbons (Fsp3) is 0.348. The van der Waals surface area contributed by atoms with Gasteiger partial charge in [-0.15, -0.1) is 34.9 Å². The minimum Gasteiger partial charge on any atom is -0.543 e. The van der Waals surface area contributed by atoms with Crippen molar-refractivity contribution in [1.29, 1.82) is 0 Å². The van der Waals surface area contributed by atoms with Gasteiger partial charge in [0.15, 0.2) is 23.2 Å². The second-order valence-corrected chi connectivity index (χ2v) is 11.7. The maximum absolute atomic E-state index is 13.1. The number of thioether (sulfide) groups is 2. The lowest BCUT2D eigenvalue weighted by atomic mass is 10.0. The van der Waals surface area contributed by atoms with Crippen molar-refractivity contribution in [2.24, 2.45) is 5.16 Å². The number of amides is 2. The molecule has 1 saturated heterocycles. The topological polar surface area (TPSA) is 191 Å². The number of carboxylic acid groups (broad SMARTS) is 2. The number of anilines is 1. The third-order valence-electron chi connectivity index (χ3n) is 5.78. The molecule has 0 aromatic carbocycles. The third-order valence-corrected chi connectivity index (χ3v) is 8.89. The van der Waals surface area contributed by atoms with Crippen LogP contribution in [0, 0.1) is 0 Å². The second-order valence-electron chi connectivity index (χ2n) is 8.61. The zero-order valence-electron chi connectivity index (χ0n) is 21.1. The SMILES string of the molecule is C[C@H](O/N=C(\C(=O)N[C@@H]1C(=O)N2C(C(=O)[O-])=C(CSc3cc[n+](CC(F)F)cc3)CS[C@H]12)c1csc(N)n1)C(=O)O. The predicted molar refractivity (Wildman–Crippen MR) is 142 cm³/mol. The third kappa shape index (κ3) is 6.94. The number of rotatable bonds is 12. The highest BCUT2D eigenvalue weighted by atomic mass is 32.2. The number of fused-ring (bicyclic) bond motifs is 1. The number of carboxylic acids is 2. The van der Waals surface area contributed by atoms with Crippen LogP contribution in [0.4, 0.5) is 13.9 Å². The van der Waals surface area contributed by atoms with Crippen LogP contribution in [0.5, 0.6) is 0 Å². The van der Waals surface area contributed by atoms with Crippen LogP contribution in [0.25, 0.3) is 0 Å². The first-order valence-corrected chi connectivity index (χ1v) is 14.6. The van der Waals surface area contributed by atoms with Crippen molar-refractivity contribution in [3.8, 4) is 0 Å². The van der Waals surface area contributed by atoms with Crippen LogP contribution >= 0.6 is 34.9 Å². The maximum Gasteiger partial charge on any atom is 0.347 e. The molecule has 2 aliphatic rings. The average Bonchev–Trinajstić information content (AvgIpc) is 3.35. The van der Waals surface area contributed by atoms with E-state index in [-0.39, 0.29) is 28.0 Å². The monoisotopic (exact) mass is 628 g/mol. The van der Waals surface area contributed by atoms with Crippen molar-refractivity contribution in [1.82, 2.24) is 15.2 Å². The van der Waals surface area contributed by atoms with Crippen LogP contribution in [0.2, 0.25) is 0 Å². The van der Waals surface area contributed by atoms with Gasteiger partial charge in [0, 0.05) is 33.9 Å². The molecule has 1 fully saturated rings. The summed E-state index contributed by atoms with van der Waals surface area (Å²) in [5.41, 5.74) is 5.35. The lowest BCUT2D eigenvalue weighted by molar-refractivity contribution is -0.705. The lowest BCUT2D eigenvalue weighted by Gasteiger charge is -2.50. The maximum atomic E-state index is 13.1. The Morgan fingerprint density at radius 2 is 2.10 bits per heavy atom. The summed E-state index contributed by atoms with van der Waals surface area (Å²) >= 11 is 3.50. The molecule has 0 unspecified atom stereocenters. The molecule has 0 spiro atoms. The molecule has 2 amide bonds. The van der Waals surface area contributed by atoms with E-state index in [0.29, 0.717) is 10.5 Å². The Morgan fingerprint density at radius 1 is 1.39 bits per heavy atom. The first-order valence-electron chi connectivity index (χ1n) is 11.7. The van der Waals surface area contributed by atoms with E-state index in [9.17, 15) is 33.1 Å². The Kier molecular flexibility index (Phi) is 9.44. The van der Waals surface area contributed by atoms with Crippen LogP contribution in [0.1, 0.15) is 12.6 Å². The van der Waals surface area contributed by atoms with Crippen molar-refractivity contribution in [3.63, 3.8) is 0 Å². The van der Waals surface area contributed by atoms with Gasteiger partial charge in [-0.1, -0.05) is 5.16 Å². The van der Waals surface area contributed by atoms with Crippen molar-refractivity contribution in [2.45, 2.75) is 42.3 Å². The van der Waals surface area contributed by atoms with E-state index in [1.807, 2.05) is 0 Å². The molecule has 4 N–H and O–H groups in total. The number of thiazole rings is 1. The number of hydrogen-bond acceptors (Lipinski definition) is 12. The van der Waals surface area contributed by atoms with Crippen LogP contribution in [0.3, 0.4) is 0 Å². The number of β-lactam (4-membered cyclic amide) rings is 1. The predicted octanol–water partition coefficient (Wildman–Crippen LogP) is -0.332. The Bertz CT molecular complexity index is 1420. The van der Waals surface area contributed by atoms with E-state index in [0.717, 1.165) is 16.2 Å². The molecule has 218 valence electrons. The smallest absolute Gasteiger partial charge is 0.347 e. The standard InChI is InChI=1S/C23H22F2N6O7S3/c1-10(21(34)35)38-29-15(13-9-41-23(26)27-13)18(32)28-16-19(33)31-17(22(36)37)11(8-40-20(16)31)7-39-12-2-4-30(5-3-12)6-14(24)25/h2-5,9-10,14,16,20H,6-8H2,1H3,(H4-,26,27,28,32,34,35,36,37)/b29-15-/t10-,16+,20+/m0/s1. The van der Waals surface area contributed by atoms with Crippen molar-refractivity contribution in [2.75, 3.05) is 17.2 Å². The van der Waals surface area contributed by atoms with Gasteiger partial charge in [0.1, 0.15) is 17.1 Å². The molecule has 3 atom stereocenters. The zero-order valence-corrected chi connectivity index (χ0v) is 23.5. The van der Waals surface area contributed by atoms with Gasteiger partial charge >= 0.3 is 5.97 Å². The number of halogens is 2. The quantitative estimate of drug-likeness (QED) is 0.0917. The van der Waals surface area contributed by atoms with Crippen LogP contribution in [-0.4, -0.2) is 79.9 Å². The van der Waals surface area contributed by atoms with Gasteiger partial charge in [0.05, 0.1) is 11.7 Å². The number of pyridine rings is 1. The molecule has 0 bridgehead atoms. The van der Waals surface area contributed by atoms with E-state index in [1.165, 1.54) is 52.8 Å². The summed E-state index contributed by atoms with van der Waals surface area (Å²) < 4.78 is 26.4. The summed E-state index contributed by atoms with van der Waals surface area (Å²) in [5.74, 6) is -4.06. The molecule has 13 nitrogen and oxygen atoms in total. The number of carbonyl (C=O) groups excluding carboxylic acids is 3. The van der Waals surface area contributed by atoms with Crippen molar-refractivity contribution < 1.29 is 47.6 Å². The number of oxime groups is 1. The molecule has 0 radical (unpaired) electrons. The first kappa shape index (κ1) is 30.2. The van der Waals surface area contributed by atoms with Gasteiger partial charge < -0.3 is 30.9 Å². The number of nitrogen functional groups attached to an aromatic ring is 1. The molecule has 0 saturated carbocycles. The van der Waals surface area contributed by atoms with Crippen LogP contribution < -0.4 is 20.7 Å². The Hall–Kier alpha value is -3.77. The number of nitrogens with zero attached hydrogens (tertiary/aromatic N) is 4. The second kappa shape index (κ2) is 12.8. The van der Waals surface area contributed by atoms with E-state index in [2.05, 4.69) is 15.5 Å². The fourth-order valence-corrected chi connectivity index (χ4v) is 6.68. The Balaban J connectivity index is 1.46. The average molecular weight is 629 g/mol. The van der Waals surface area contributed by atoms with E-state index in [1.54, 1.807) is 12.1 Å². The molecule has 2 aromatic rings. The number of aliphatic carboxylic acids is 2. The van der Waals surface area contributed by atoms with Gasteiger partial charge in [-0.05, 0) is 12.5 Å². The molecule has 4 heterocycles. The summed E-state index contributed by atoms with van der Waals surface area (Å²) in [6.07, 6.45) is -0.899. The summed E-state index contributed by atoms with van der Waals surface area (Å²) in [4.78, 5) is 59.8. The normalized spacial score (nSPS) is 19.5. The van der Waals surface area contributed by atoms with Crippen LogP contribution in [0.15, 0.2) is 51.2 Å². The number of carbonyl (C=O) groups is 4. The zero-order chi connectivity index (χ0) is 29.8. The molecule has 0 aliphatic carbocycles. The number of nitrogens with two attached hydrogens (primary N) is 1. The van der Waals surface area contributed by atoms with Crippen LogP contribution in [-0.2, 0) is 30.6 Å². The molecular formula is C23H22F2N6O7S3. The highest BCUT2D eigenvalue weighted by Gasteiger charge is 2.53. The number of aromatic nitrogens is 2. The minimum absolute atomic E-state index is 0.00205. The van der Waals surface area contributed by atoms with E-state index in [4.69, 9.17) is 15.7 Å². The molecule has 18 heteroatoms. The first-order chi connectivity index (χ1) is 19.5. The minimum atomic E-state index is -2.50. The fourth-order valence-electron chi connectivity index (χ4n) is 3.76.